The van der Waals surface area contributed by atoms with Crippen LogP contribution in [0.1, 0.15) is 355 Å². The zero-order valence-corrected chi connectivity index (χ0v) is 53.8. The minimum atomic E-state index is -0.794. The summed E-state index contributed by atoms with van der Waals surface area (Å²) in [7, 11) is 0. The van der Waals surface area contributed by atoms with E-state index in [2.05, 4.69) is 106 Å². The molecule has 0 aromatic carbocycles. The fourth-order valence-electron chi connectivity index (χ4n) is 10.1. The summed E-state index contributed by atoms with van der Waals surface area (Å²) in [5.74, 6) is -0.905. The number of carbonyl (C=O) groups is 3. The van der Waals surface area contributed by atoms with Crippen molar-refractivity contribution in [2.45, 2.75) is 361 Å². The molecular weight excluding hydrogens is 997 g/mol. The van der Waals surface area contributed by atoms with Crippen LogP contribution < -0.4 is 0 Å². The van der Waals surface area contributed by atoms with Gasteiger partial charge in [0.15, 0.2) is 6.10 Å². The summed E-state index contributed by atoms with van der Waals surface area (Å²) in [4.78, 5) is 38.5. The van der Waals surface area contributed by atoms with Crippen molar-refractivity contribution in [1.82, 2.24) is 0 Å². The quantitative estimate of drug-likeness (QED) is 0.0261. The van der Waals surface area contributed by atoms with Crippen LogP contribution in [-0.4, -0.2) is 37.2 Å². The molecule has 1 atom stereocenters. The summed E-state index contributed by atoms with van der Waals surface area (Å²) in [6, 6.07) is 0. The van der Waals surface area contributed by atoms with Crippen molar-refractivity contribution in [2.24, 2.45) is 0 Å². The van der Waals surface area contributed by atoms with E-state index in [0.29, 0.717) is 19.3 Å². The number of hydrogen-bond donors (Lipinski definition) is 0. The molecule has 0 saturated heterocycles. The van der Waals surface area contributed by atoms with Crippen molar-refractivity contribution in [3.63, 3.8) is 0 Å². The van der Waals surface area contributed by atoms with Crippen LogP contribution in [0.15, 0.2) is 85.1 Å². The van der Waals surface area contributed by atoms with Crippen molar-refractivity contribution >= 4 is 17.9 Å². The largest absolute Gasteiger partial charge is 0.462 e. The molecule has 0 fully saturated rings. The maximum Gasteiger partial charge on any atom is 0.306 e. The van der Waals surface area contributed by atoms with E-state index >= 15 is 0 Å². The SMILES string of the molecule is CC/C=C\C/C=C\C/C=C\C/C=C\C/C=C\CCCCCC(=O)OCC(COC(=O)CCCCCCCCCCCCC/C=C\CCCCCCCCCC)OC(=O)CCCCCCCCCCC/C=C\CCCCCCCCCC. The molecule has 1 unspecified atom stereocenters. The molecular formula is C75H132O6. The lowest BCUT2D eigenvalue weighted by Crippen LogP contribution is -2.30. The average molecular weight is 1130 g/mol. The molecule has 0 spiro atoms. The Hall–Kier alpha value is -3.41. The number of carbonyl (C=O) groups excluding carboxylic acids is 3. The third-order valence-electron chi connectivity index (χ3n) is 15.4. The molecule has 0 N–H and O–H groups in total. The maximum absolute atomic E-state index is 13.0. The van der Waals surface area contributed by atoms with Crippen LogP contribution in [0.5, 0.6) is 0 Å². The van der Waals surface area contributed by atoms with Gasteiger partial charge in [-0.15, -0.1) is 0 Å². The van der Waals surface area contributed by atoms with Gasteiger partial charge in [0.2, 0.25) is 0 Å². The number of hydrogen-bond acceptors (Lipinski definition) is 6. The third-order valence-corrected chi connectivity index (χ3v) is 15.4. The Bertz CT molecular complexity index is 1530. The molecule has 0 bridgehead atoms. The molecule has 0 saturated carbocycles. The molecule has 468 valence electrons. The Morgan fingerprint density at radius 1 is 0.259 bits per heavy atom. The first-order chi connectivity index (χ1) is 40.0. The minimum absolute atomic E-state index is 0.0866. The predicted octanol–water partition coefficient (Wildman–Crippen LogP) is 24.2. The lowest BCUT2D eigenvalue weighted by molar-refractivity contribution is -0.167. The van der Waals surface area contributed by atoms with Crippen molar-refractivity contribution in [2.75, 3.05) is 13.2 Å². The predicted molar refractivity (Wildman–Crippen MR) is 353 cm³/mol. The molecule has 0 aromatic heterocycles. The van der Waals surface area contributed by atoms with Gasteiger partial charge in [0.1, 0.15) is 13.2 Å². The second-order valence-electron chi connectivity index (χ2n) is 23.4. The molecule has 0 rings (SSSR count). The van der Waals surface area contributed by atoms with E-state index in [1.54, 1.807) is 0 Å². The van der Waals surface area contributed by atoms with Crippen molar-refractivity contribution in [1.29, 1.82) is 0 Å². The molecule has 0 radical (unpaired) electrons. The topological polar surface area (TPSA) is 78.9 Å². The summed E-state index contributed by atoms with van der Waals surface area (Å²) in [5.41, 5.74) is 0. The number of allylic oxidation sites excluding steroid dienone is 14. The third kappa shape index (κ3) is 67.3. The summed E-state index contributed by atoms with van der Waals surface area (Å²) < 4.78 is 17.0. The van der Waals surface area contributed by atoms with Gasteiger partial charge in [-0.05, 0) is 116 Å². The minimum Gasteiger partial charge on any atom is -0.462 e. The van der Waals surface area contributed by atoms with Gasteiger partial charge in [-0.25, -0.2) is 0 Å². The second kappa shape index (κ2) is 69.1. The molecule has 6 heteroatoms. The van der Waals surface area contributed by atoms with E-state index in [1.807, 2.05) is 0 Å². The number of ether oxygens (including phenoxy) is 3. The number of rotatable bonds is 64. The molecule has 0 amide bonds. The van der Waals surface area contributed by atoms with Crippen molar-refractivity contribution in [3.05, 3.63) is 85.1 Å². The molecule has 0 aliphatic heterocycles. The fourth-order valence-corrected chi connectivity index (χ4v) is 10.1. The Morgan fingerprint density at radius 3 is 0.778 bits per heavy atom. The van der Waals surface area contributed by atoms with E-state index in [0.717, 1.165) is 96.3 Å². The van der Waals surface area contributed by atoms with Gasteiger partial charge < -0.3 is 14.2 Å². The van der Waals surface area contributed by atoms with Gasteiger partial charge in [-0.1, -0.05) is 305 Å². The Labute approximate surface area is 503 Å². The Kier molecular flexibility index (Phi) is 66.2. The molecule has 0 aromatic rings. The second-order valence-corrected chi connectivity index (χ2v) is 23.4. The average Bonchev–Trinajstić information content (AvgIpc) is 3.47. The van der Waals surface area contributed by atoms with Crippen LogP contribution in [0.25, 0.3) is 0 Å². The van der Waals surface area contributed by atoms with E-state index < -0.39 is 6.10 Å². The lowest BCUT2D eigenvalue weighted by atomic mass is 10.0. The maximum atomic E-state index is 13.0. The van der Waals surface area contributed by atoms with Gasteiger partial charge in [0, 0.05) is 19.3 Å². The van der Waals surface area contributed by atoms with Crippen molar-refractivity contribution < 1.29 is 28.6 Å². The first kappa shape index (κ1) is 77.6. The van der Waals surface area contributed by atoms with Crippen LogP contribution in [0.2, 0.25) is 0 Å². The van der Waals surface area contributed by atoms with Crippen LogP contribution in [-0.2, 0) is 28.6 Å². The highest BCUT2D eigenvalue weighted by atomic mass is 16.6. The number of unbranched alkanes of at least 4 members (excludes halogenated alkanes) is 39. The molecule has 0 heterocycles. The van der Waals surface area contributed by atoms with Crippen LogP contribution in [0.4, 0.5) is 0 Å². The molecule has 0 aliphatic rings. The van der Waals surface area contributed by atoms with Gasteiger partial charge in [0.05, 0.1) is 0 Å². The van der Waals surface area contributed by atoms with Crippen molar-refractivity contribution in [3.8, 4) is 0 Å². The van der Waals surface area contributed by atoms with E-state index in [-0.39, 0.29) is 31.1 Å². The van der Waals surface area contributed by atoms with Gasteiger partial charge in [-0.2, -0.15) is 0 Å². The number of esters is 3. The van der Waals surface area contributed by atoms with Gasteiger partial charge in [0.25, 0.3) is 0 Å². The van der Waals surface area contributed by atoms with E-state index in [4.69, 9.17) is 14.2 Å². The highest BCUT2D eigenvalue weighted by Gasteiger charge is 2.19. The molecule has 0 aliphatic carbocycles. The lowest BCUT2D eigenvalue weighted by Gasteiger charge is -2.18. The van der Waals surface area contributed by atoms with E-state index in [9.17, 15) is 14.4 Å². The zero-order chi connectivity index (χ0) is 58.5. The summed E-state index contributed by atoms with van der Waals surface area (Å²) in [5, 5.41) is 0. The van der Waals surface area contributed by atoms with Gasteiger partial charge >= 0.3 is 17.9 Å². The van der Waals surface area contributed by atoms with Gasteiger partial charge in [-0.3, -0.25) is 14.4 Å². The highest BCUT2D eigenvalue weighted by Crippen LogP contribution is 2.17. The fraction of sp³-hybridized carbons (Fsp3) is 0.773. The first-order valence-electron chi connectivity index (χ1n) is 35.1. The monoisotopic (exact) mass is 1130 g/mol. The van der Waals surface area contributed by atoms with E-state index in [1.165, 1.54) is 218 Å². The van der Waals surface area contributed by atoms with Crippen LogP contribution in [0.3, 0.4) is 0 Å². The molecule has 81 heavy (non-hydrogen) atoms. The van der Waals surface area contributed by atoms with Crippen LogP contribution in [0, 0.1) is 0 Å². The zero-order valence-electron chi connectivity index (χ0n) is 53.8. The Balaban J connectivity index is 4.40. The smallest absolute Gasteiger partial charge is 0.306 e. The summed E-state index contributed by atoms with van der Waals surface area (Å²) in [6.07, 6.45) is 91.7. The normalized spacial score (nSPS) is 12.6. The summed E-state index contributed by atoms with van der Waals surface area (Å²) in [6.45, 7) is 6.55. The standard InChI is InChI=1S/C75H132O6/c1-4-7-10-13-16-19-22-25-28-31-34-36-37-39-41-44-47-50-53-56-59-62-65-68-74(77)80-71-72(70-79-73(76)67-64-61-58-55-52-49-46-43-40-33-30-27-24-21-18-15-12-9-6-3)81-75(78)69-66-63-60-57-54-51-48-45-42-38-35-32-29-26-23-20-17-14-11-8-5-2/h9,12,18,21,27,30-32,34-35,40,43,49,52,72H,4-8,10-11,13-17,19-20,22-26,28-29,33,36-39,41-42,44-48,50-51,53-71H2,1-3H3/b12-9-,21-18-,30-27-,34-31-,35-32-,43-40-,52-49-. The first-order valence-corrected chi connectivity index (χ1v) is 35.1. The van der Waals surface area contributed by atoms with Crippen LogP contribution >= 0.6 is 0 Å². The Morgan fingerprint density at radius 2 is 0.481 bits per heavy atom. The highest BCUT2D eigenvalue weighted by molar-refractivity contribution is 5.71. The summed E-state index contributed by atoms with van der Waals surface area (Å²) >= 11 is 0. The molecule has 6 nitrogen and oxygen atoms in total.